The number of halogens is 2. The van der Waals surface area contributed by atoms with Crippen LogP contribution >= 0.6 is 11.8 Å². The molecule has 21 heavy (non-hydrogen) atoms. The number of anilines is 3. The molecule has 2 rings (SSSR count). The molecule has 7 heteroatoms. The van der Waals surface area contributed by atoms with Gasteiger partial charge in [0.05, 0.1) is 5.69 Å². The van der Waals surface area contributed by atoms with Crippen molar-refractivity contribution in [1.29, 1.82) is 0 Å². The molecular weight excluding hydrogens is 294 g/mol. The van der Waals surface area contributed by atoms with E-state index in [1.54, 1.807) is 38.2 Å². The molecule has 1 aromatic carbocycles. The van der Waals surface area contributed by atoms with Gasteiger partial charge in [0.15, 0.2) is 0 Å². The lowest BCUT2D eigenvalue weighted by Gasteiger charge is -2.15. The van der Waals surface area contributed by atoms with E-state index in [0.29, 0.717) is 39.8 Å². The number of hydrogen-bond donors (Lipinski definition) is 2. The summed E-state index contributed by atoms with van der Waals surface area (Å²) in [5, 5.41) is 6.11. The second-order valence-corrected chi connectivity index (χ2v) is 5.37. The molecule has 112 valence electrons. The van der Waals surface area contributed by atoms with Crippen molar-refractivity contribution >= 4 is 29.1 Å². The van der Waals surface area contributed by atoms with E-state index >= 15 is 0 Å². The molecule has 4 nitrogen and oxygen atoms in total. The highest BCUT2D eigenvalue weighted by molar-refractivity contribution is 7.99. The first-order chi connectivity index (χ1) is 10.0. The number of alkyl halides is 2. The van der Waals surface area contributed by atoms with Crippen LogP contribution in [0.1, 0.15) is 11.4 Å². The molecule has 2 aromatic rings. The van der Waals surface area contributed by atoms with Gasteiger partial charge in [0.25, 0.3) is 5.76 Å². The van der Waals surface area contributed by atoms with E-state index in [1.165, 1.54) is 0 Å². The van der Waals surface area contributed by atoms with Gasteiger partial charge in [0, 0.05) is 17.5 Å². The second kappa shape index (κ2) is 6.71. The van der Waals surface area contributed by atoms with Gasteiger partial charge in [-0.25, -0.2) is 9.97 Å². The lowest BCUT2D eigenvalue weighted by Crippen LogP contribution is -2.05. The van der Waals surface area contributed by atoms with Crippen LogP contribution in [0.25, 0.3) is 0 Å². The van der Waals surface area contributed by atoms with Crippen molar-refractivity contribution in [2.24, 2.45) is 0 Å². The maximum Gasteiger partial charge on any atom is 0.288 e. The largest absolute Gasteiger partial charge is 0.373 e. The van der Waals surface area contributed by atoms with Crippen LogP contribution in [0.5, 0.6) is 0 Å². The summed E-state index contributed by atoms with van der Waals surface area (Å²) in [4.78, 5) is 9.10. The normalized spacial score (nSPS) is 10.8. The number of benzene rings is 1. The average molecular weight is 310 g/mol. The van der Waals surface area contributed by atoms with Gasteiger partial charge in [-0.15, -0.1) is 0 Å². The molecule has 2 N–H and O–H groups in total. The quantitative estimate of drug-likeness (QED) is 0.811. The fourth-order valence-electron chi connectivity index (χ4n) is 1.89. The van der Waals surface area contributed by atoms with Gasteiger partial charge in [-0.1, -0.05) is 23.9 Å². The molecule has 1 aromatic heterocycles. The maximum absolute atomic E-state index is 12.6. The van der Waals surface area contributed by atoms with E-state index in [9.17, 15) is 8.78 Å². The average Bonchev–Trinajstić information content (AvgIpc) is 2.44. The van der Waals surface area contributed by atoms with Gasteiger partial charge in [-0.2, -0.15) is 8.78 Å². The number of hydrogen-bond acceptors (Lipinski definition) is 5. The molecule has 0 radical (unpaired) electrons. The van der Waals surface area contributed by atoms with Crippen LogP contribution in [0.3, 0.4) is 0 Å². The summed E-state index contributed by atoms with van der Waals surface area (Å²) in [5.74, 6) is -0.543. The second-order valence-electron chi connectivity index (χ2n) is 4.34. The first-order valence-electron chi connectivity index (χ1n) is 6.35. The van der Waals surface area contributed by atoms with E-state index in [-0.39, 0.29) is 0 Å². The van der Waals surface area contributed by atoms with Crippen molar-refractivity contribution in [3.05, 3.63) is 35.7 Å². The van der Waals surface area contributed by atoms with Crippen molar-refractivity contribution in [2.45, 2.75) is 24.5 Å². The zero-order valence-corrected chi connectivity index (χ0v) is 12.8. The molecule has 0 amide bonds. The standard InChI is InChI=1S/C14H16F2N4S/c1-8-12(17-3)18-9(2)19-13(8)20-10-6-4-5-7-11(10)21-14(15)16/h4-7,14H,1-3H3,(H2,17,18,19,20). The van der Waals surface area contributed by atoms with Gasteiger partial charge in [0.2, 0.25) is 0 Å². The summed E-state index contributed by atoms with van der Waals surface area (Å²) in [7, 11) is 1.78. The van der Waals surface area contributed by atoms with Crippen LogP contribution in [0.15, 0.2) is 29.2 Å². The molecule has 0 aliphatic heterocycles. The van der Waals surface area contributed by atoms with Crippen molar-refractivity contribution < 1.29 is 8.78 Å². The van der Waals surface area contributed by atoms with Crippen molar-refractivity contribution in [3.8, 4) is 0 Å². The molecule has 0 bridgehead atoms. The minimum Gasteiger partial charge on any atom is -0.373 e. The number of rotatable bonds is 5. The Balaban J connectivity index is 2.36. The molecule has 0 fully saturated rings. The van der Waals surface area contributed by atoms with Crippen molar-refractivity contribution in [2.75, 3.05) is 17.7 Å². The molecule has 0 aliphatic carbocycles. The van der Waals surface area contributed by atoms with Gasteiger partial charge < -0.3 is 10.6 Å². The van der Waals surface area contributed by atoms with Gasteiger partial charge in [0.1, 0.15) is 17.5 Å². The Kier molecular flexibility index (Phi) is 4.95. The maximum atomic E-state index is 12.6. The van der Waals surface area contributed by atoms with Crippen molar-refractivity contribution in [1.82, 2.24) is 9.97 Å². The van der Waals surface area contributed by atoms with Crippen LogP contribution in [-0.4, -0.2) is 22.8 Å². The third-order valence-electron chi connectivity index (χ3n) is 2.85. The Bertz CT molecular complexity index is 634. The van der Waals surface area contributed by atoms with Crippen LogP contribution in [0.4, 0.5) is 26.1 Å². The van der Waals surface area contributed by atoms with Crippen LogP contribution in [0, 0.1) is 13.8 Å². The van der Waals surface area contributed by atoms with Gasteiger partial charge in [-0.05, 0) is 26.0 Å². The van der Waals surface area contributed by atoms with Crippen molar-refractivity contribution in [3.63, 3.8) is 0 Å². The first-order valence-corrected chi connectivity index (χ1v) is 7.23. The molecular formula is C14H16F2N4S. The Morgan fingerprint density at radius 2 is 1.76 bits per heavy atom. The van der Waals surface area contributed by atoms with Crippen LogP contribution in [0.2, 0.25) is 0 Å². The third-order valence-corrected chi connectivity index (χ3v) is 3.64. The third kappa shape index (κ3) is 3.81. The first kappa shape index (κ1) is 15.5. The lowest BCUT2D eigenvalue weighted by molar-refractivity contribution is 0.252. The molecule has 0 spiro atoms. The number of aromatic nitrogens is 2. The summed E-state index contributed by atoms with van der Waals surface area (Å²) in [6.45, 7) is 3.65. The SMILES string of the molecule is CNc1nc(C)nc(Nc2ccccc2SC(F)F)c1C. The van der Waals surface area contributed by atoms with Gasteiger partial charge in [-0.3, -0.25) is 0 Å². The zero-order valence-electron chi connectivity index (χ0n) is 11.9. The number of aryl methyl sites for hydroxylation is 1. The Morgan fingerprint density at radius 3 is 2.43 bits per heavy atom. The van der Waals surface area contributed by atoms with E-state index in [2.05, 4.69) is 20.6 Å². The Morgan fingerprint density at radius 1 is 1.10 bits per heavy atom. The Labute approximate surface area is 126 Å². The van der Waals surface area contributed by atoms with E-state index in [1.807, 2.05) is 6.92 Å². The molecule has 0 saturated heterocycles. The van der Waals surface area contributed by atoms with E-state index < -0.39 is 5.76 Å². The summed E-state index contributed by atoms with van der Waals surface area (Å²) >= 11 is 0.509. The number of nitrogens with zero attached hydrogens (tertiary/aromatic N) is 2. The number of nitrogens with one attached hydrogen (secondary N) is 2. The number of para-hydroxylation sites is 1. The topological polar surface area (TPSA) is 49.8 Å². The highest BCUT2D eigenvalue weighted by atomic mass is 32.2. The summed E-state index contributed by atoms with van der Waals surface area (Å²) < 4.78 is 25.2. The summed E-state index contributed by atoms with van der Waals surface area (Å²) in [6, 6.07) is 6.93. The smallest absolute Gasteiger partial charge is 0.288 e. The monoisotopic (exact) mass is 310 g/mol. The predicted octanol–water partition coefficient (Wildman–Crippen LogP) is 4.19. The molecule has 0 atom stereocenters. The van der Waals surface area contributed by atoms with Crippen LogP contribution < -0.4 is 10.6 Å². The van der Waals surface area contributed by atoms with E-state index in [4.69, 9.17) is 0 Å². The lowest BCUT2D eigenvalue weighted by atomic mass is 10.2. The molecule has 0 saturated carbocycles. The summed E-state index contributed by atoms with van der Waals surface area (Å²) in [5.41, 5.74) is 1.44. The molecule has 1 heterocycles. The molecule has 0 aliphatic rings. The van der Waals surface area contributed by atoms with Crippen LogP contribution in [-0.2, 0) is 0 Å². The number of thioether (sulfide) groups is 1. The minimum absolute atomic E-state index is 0.481. The highest BCUT2D eigenvalue weighted by Crippen LogP contribution is 2.34. The fraction of sp³-hybridized carbons (Fsp3) is 0.286. The summed E-state index contributed by atoms with van der Waals surface area (Å²) in [6.07, 6.45) is 0. The molecule has 0 unspecified atom stereocenters. The van der Waals surface area contributed by atoms with Gasteiger partial charge >= 0.3 is 0 Å². The zero-order chi connectivity index (χ0) is 15.4. The predicted molar refractivity (Wildman–Crippen MR) is 82.6 cm³/mol. The Hall–Kier alpha value is -1.89. The van der Waals surface area contributed by atoms with E-state index in [0.717, 1.165) is 5.56 Å². The fourth-order valence-corrected chi connectivity index (χ4v) is 2.48. The minimum atomic E-state index is -2.46. The highest BCUT2D eigenvalue weighted by Gasteiger charge is 2.13.